The van der Waals surface area contributed by atoms with Gasteiger partial charge in [-0.1, -0.05) is 0 Å². The number of hydrogen-bond acceptors (Lipinski definition) is 5. The van der Waals surface area contributed by atoms with Crippen molar-refractivity contribution in [3.8, 4) is 0 Å². The number of anilines is 2. The summed E-state index contributed by atoms with van der Waals surface area (Å²) in [7, 11) is 0. The van der Waals surface area contributed by atoms with E-state index in [0.29, 0.717) is 21.0 Å². The lowest BCUT2D eigenvalue weighted by molar-refractivity contribution is 0.103. The Morgan fingerprint density at radius 1 is 1.47 bits per heavy atom. The quantitative estimate of drug-likeness (QED) is 0.892. The Kier molecular flexibility index (Phi) is 3.39. The molecule has 2 heterocycles. The number of nitrogens with zero attached hydrogens (tertiary/aromatic N) is 2. The molecule has 0 unspecified atom stereocenters. The fraction of sp³-hybridized carbons (Fsp3) is 0.100. The second-order valence-corrected chi connectivity index (χ2v) is 5.37. The van der Waals surface area contributed by atoms with Crippen molar-refractivity contribution < 1.29 is 4.79 Å². The molecular weight excluding hydrogens is 304 g/mol. The fourth-order valence-corrected chi connectivity index (χ4v) is 2.20. The number of amides is 1. The maximum Gasteiger partial charge on any atom is 0.267 e. The lowest BCUT2D eigenvalue weighted by Gasteiger charge is -2.01. The van der Waals surface area contributed by atoms with Gasteiger partial charge in [-0.3, -0.25) is 4.79 Å². The molecule has 0 radical (unpaired) electrons. The lowest BCUT2D eigenvalue weighted by Crippen LogP contribution is -2.11. The summed E-state index contributed by atoms with van der Waals surface area (Å²) < 4.78 is 0.617. The van der Waals surface area contributed by atoms with Crippen molar-refractivity contribution in [2.24, 2.45) is 0 Å². The zero-order chi connectivity index (χ0) is 12.4. The number of nitrogens with two attached hydrogens (primary N) is 1. The van der Waals surface area contributed by atoms with Crippen molar-refractivity contribution in [3.05, 3.63) is 32.8 Å². The van der Waals surface area contributed by atoms with Gasteiger partial charge in [-0.15, -0.1) is 11.3 Å². The highest BCUT2D eigenvalue weighted by atomic mass is 79.9. The molecular formula is C10H9BrN4OS. The maximum absolute atomic E-state index is 11.8. The van der Waals surface area contributed by atoms with Crippen molar-refractivity contribution in [1.29, 1.82) is 0 Å². The number of aryl methyl sites for hydroxylation is 1. The van der Waals surface area contributed by atoms with E-state index in [0.717, 1.165) is 4.88 Å². The van der Waals surface area contributed by atoms with Crippen molar-refractivity contribution >= 4 is 44.7 Å². The van der Waals surface area contributed by atoms with Crippen LogP contribution in [0.3, 0.4) is 0 Å². The summed E-state index contributed by atoms with van der Waals surface area (Å²) >= 11 is 4.52. The average Bonchev–Trinajstić information content (AvgIpc) is 2.63. The third kappa shape index (κ3) is 2.80. The Morgan fingerprint density at radius 2 is 2.24 bits per heavy atom. The molecule has 1 amide bonds. The number of halogens is 1. The molecule has 2 aromatic heterocycles. The van der Waals surface area contributed by atoms with Crippen LogP contribution in [-0.2, 0) is 0 Å². The predicted octanol–water partition coefficient (Wildman–Crippen LogP) is 2.44. The number of thiophene rings is 1. The third-order valence-corrected chi connectivity index (χ3v) is 3.52. The highest BCUT2D eigenvalue weighted by molar-refractivity contribution is 9.10. The van der Waals surface area contributed by atoms with Gasteiger partial charge in [0.2, 0.25) is 0 Å². The molecule has 3 N–H and O–H groups in total. The Balaban J connectivity index is 2.14. The highest BCUT2D eigenvalue weighted by Gasteiger charge is 2.11. The minimum Gasteiger partial charge on any atom is -0.398 e. The summed E-state index contributed by atoms with van der Waals surface area (Å²) in [5.41, 5.74) is 6.31. The van der Waals surface area contributed by atoms with E-state index in [9.17, 15) is 4.79 Å². The number of carbonyl (C=O) groups is 1. The van der Waals surface area contributed by atoms with Crippen LogP contribution >= 0.6 is 27.3 Å². The van der Waals surface area contributed by atoms with E-state index in [2.05, 4.69) is 31.2 Å². The van der Waals surface area contributed by atoms with Crippen LogP contribution in [0.2, 0.25) is 0 Å². The molecule has 0 atom stereocenters. The molecule has 0 bridgehead atoms. The maximum atomic E-state index is 11.8. The van der Waals surface area contributed by atoms with Crippen molar-refractivity contribution in [1.82, 2.24) is 9.97 Å². The van der Waals surface area contributed by atoms with Gasteiger partial charge in [-0.2, -0.15) is 0 Å². The monoisotopic (exact) mass is 312 g/mol. The topological polar surface area (TPSA) is 80.9 Å². The first-order chi connectivity index (χ1) is 8.06. The molecule has 0 aromatic carbocycles. The minimum atomic E-state index is -0.230. The Labute approximate surface area is 110 Å². The molecule has 0 aliphatic carbocycles. The number of nitrogen functional groups attached to an aromatic ring is 1. The molecule has 0 spiro atoms. The first-order valence-corrected chi connectivity index (χ1v) is 6.32. The largest absolute Gasteiger partial charge is 0.398 e. The Morgan fingerprint density at radius 3 is 2.76 bits per heavy atom. The Hall–Kier alpha value is -1.47. The van der Waals surface area contributed by atoms with Gasteiger partial charge in [-0.25, -0.2) is 9.97 Å². The van der Waals surface area contributed by atoms with Gasteiger partial charge < -0.3 is 11.1 Å². The van der Waals surface area contributed by atoms with Crippen LogP contribution in [0.15, 0.2) is 23.1 Å². The molecule has 2 aromatic rings. The van der Waals surface area contributed by atoms with Crippen LogP contribution in [0.25, 0.3) is 0 Å². The highest BCUT2D eigenvalue weighted by Crippen LogP contribution is 2.23. The number of carbonyl (C=O) groups excluding carboxylic acids is 1. The van der Waals surface area contributed by atoms with Crippen LogP contribution in [0.5, 0.6) is 0 Å². The van der Waals surface area contributed by atoms with Crippen LogP contribution in [0, 0.1) is 6.92 Å². The van der Waals surface area contributed by atoms with Crippen LogP contribution in [0.1, 0.15) is 14.5 Å². The van der Waals surface area contributed by atoms with Crippen molar-refractivity contribution in [2.75, 3.05) is 11.1 Å². The van der Waals surface area contributed by atoms with Gasteiger partial charge in [0, 0.05) is 10.6 Å². The molecule has 17 heavy (non-hydrogen) atoms. The molecule has 2 rings (SSSR count). The number of rotatable bonds is 2. The average molecular weight is 313 g/mol. The first kappa shape index (κ1) is 12.0. The number of aromatic nitrogens is 2. The number of hydrogen-bond donors (Lipinski definition) is 2. The minimum absolute atomic E-state index is 0.230. The van der Waals surface area contributed by atoms with E-state index < -0.39 is 0 Å². The van der Waals surface area contributed by atoms with Crippen LogP contribution in [0.4, 0.5) is 11.5 Å². The molecule has 0 fully saturated rings. The summed E-state index contributed by atoms with van der Waals surface area (Å²) in [4.78, 5) is 21.3. The zero-order valence-corrected chi connectivity index (χ0v) is 11.3. The number of nitrogens with one attached hydrogen (secondary N) is 1. The third-order valence-electron chi connectivity index (χ3n) is 2.04. The van der Waals surface area contributed by atoms with Gasteiger partial charge in [0.25, 0.3) is 5.91 Å². The summed E-state index contributed by atoms with van der Waals surface area (Å²) in [5.74, 6) is 0.175. The Bertz CT molecular complexity index is 532. The van der Waals surface area contributed by atoms with E-state index in [4.69, 9.17) is 5.73 Å². The van der Waals surface area contributed by atoms with Gasteiger partial charge in [-0.05, 0) is 28.9 Å². The van der Waals surface area contributed by atoms with Gasteiger partial charge in [0.05, 0.1) is 17.3 Å². The molecule has 0 aliphatic heterocycles. The molecule has 0 saturated heterocycles. The summed E-state index contributed by atoms with van der Waals surface area (Å²) in [6.45, 7) is 1.87. The molecule has 7 heteroatoms. The van der Waals surface area contributed by atoms with Crippen LogP contribution in [-0.4, -0.2) is 15.9 Å². The van der Waals surface area contributed by atoms with Gasteiger partial charge in [0.1, 0.15) is 4.60 Å². The van der Waals surface area contributed by atoms with Crippen molar-refractivity contribution in [3.63, 3.8) is 0 Å². The molecule has 88 valence electrons. The second kappa shape index (κ2) is 4.80. The van der Waals surface area contributed by atoms with Gasteiger partial charge >= 0.3 is 0 Å². The predicted molar refractivity (Wildman–Crippen MR) is 71.2 cm³/mol. The normalized spacial score (nSPS) is 10.2. The van der Waals surface area contributed by atoms with Crippen molar-refractivity contribution in [2.45, 2.75) is 6.92 Å². The summed E-state index contributed by atoms with van der Waals surface area (Å²) in [6.07, 6.45) is 3.00. The second-order valence-electron chi connectivity index (χ2n) is 3.30. The lowest BCUT2D eigenvalue weighted by atomic mass is 10.3. The van der Waals surface area contributed by atoms with E-state index in [1.54, 1.807) is 6.07 Å². The standard InChI is InChI=1S/C10H9BrN4OS/c1-5-6(12)2-7(17-5)10(16)15-9-4-13-8(11)3-14-9/h2-4H,12H2,1H3,(H,14,15,16). The summed E-state index contributed by atoms with van der Waals surface area (Å²) in [6, 6.07) is 1.65. The SMILES string of the molecule is Cc1sc(C(=O)Nc2cnc(Br)cn2)cc1N. The fourth-order valence-electron chi connectivity index (χ4n) is 1.16. The summed E-state index contributed by atoms with van der Waals surface area (Å²) in [5, 5.41) is 2.65. The molecule has 0 saturated carbocycles. The molecule has 5 nitrogen and oxygen atoms in total. The van der Waals surface area contributed by atoms with E-state index in [1.165, 1.54) is 23.7 Å². The van der Waals surface area contributed by atoms with Gasteiger partial charge in [0.15, 0.2) is 5.82 Å². The van der Waals surface area contributed by atoms with E-state index in [-0.39, 0.29) is 5.91 Å². The van der Waals surface area contributed by atoms with E-state index >= 15 is 0 Å². The first-order valence-electron chi connectivity index (χ1n) is 4.71. The smallest absolute Gasteiger partial charge is 0.267 e. The zero-order valence-electron chi connectivity index (χ0n) is 8.90. The van der Waals surface area contributed by atoms with E-state index in [1.807, 2.05) is 6.92 Å². The van der Waals surface area contributed by atoms with Crippen LogP contribution < -0.4 is 11.1 Å². The molecule has 0 aliphatic rings.